The molecule has 3 aromatic rings. The normalized spacial score (nSPS) is 10.6. The van der Waals surface area contributed by atoms with Gasteiger partial charge in [-0.3, -0.25) is 9.59 Å². The van der Waals surface area contributed by atoms with E-state index in [9.17, 15) is 19.8 Å². The van der Waals surface area contributed by atoms with E-state index in [0.29, 0.717) is 63.9 Å². The molecule has 0 aliphatic carbocycles. The number of benzene rings is 2. The average molecular weight is 504 g/mol. The van der Waals surface area contributed by atoms with E-state index in [1.807, 2.05) is 0 Å². The zero-order valence-corrected chi connectivity index (χ0v) is 20.2. The summed E-state index contributed by atoms with van der Waals surface area (Å²) in [6.07, 6.45) is 0. The van der Waals surface area contributed by atoms with E-state index >= 15 is 0 Å². The predicted molar refractivity (Wildman–Crippen MR) is 135 cm³/mol. The Bertz CT molecular complexity index is 1150. The molecule has 0 saturated heterocycles. The van der Waals surface area contributed by atoms with Gasteiger partial charge >= 0.3 is 0 Å². The number of ether oxygens (including phenoxy) is 3. The molecule has 2 aromatic carbocycles. The van der Waals surface area contributed by atoms with Crippen molar-refractivity contribution < 1.29 is 33.6 Å². The molecule has 36 heavy (non-hydrogen) atoms. The van der Waals surface area contributed by atoms with Crippen molar-refractivity contribution in [2.45, 2.75) is 0 Å². The lowest BCUT2D eigenvalue weighted by Gasteiger charge is -2.08. The van der Waals surface area contributed by atoms with Gasteiger partial charge in [0.2, 0.25) is 5.75 Å². The molecule has 0 unspecified atom stereocenters. The predicted octanol–water partition coefficient (Wildman–Crippen LogP) is 1.18. The summed E-state index contributed by atoms with van der Waals surface area (Å²) in [4.78, 5) is 24.7. The Labute approximate surface area is 208 Å². The summed E-state index contributed by atoms with van der Waals surface area (Å²) in [6, 6.07) is 10.3. The molecule has 0 radical (unpaired) electrons. The van der Waals surface area contributed by atoms with Crippen molar-refractivity contribution in [2.75, 3.05) is 59.8 Å². The summed E-state index contributed by atoms with van der Waals surface area (Å²) in [7, 11) is 1.50. The molecular weight excluding hydrogens is 470 g/mol. The molecule has 0 aliphatic heterocycles. The molecule has 196 valence electrons. The summed E-state index contributed by atoms with van der Waals surface area (Å²) in [5.41, 5.74) is 10.3. The molecule has 1 aromatic heterocycles. The van der Waals surface area contributed by atoms with Crippen LogP contribution < -0.4 is 22.2 Å². The van der Waals surface area contributed by atoms with Gasteiger partial charge in [-0.25, -0.2) is 0 Å². The summed E-state index contributed by atoms with van der Waals surface area (Å²) < 4.78 is 21.6. The highest BCUT2D eigenvalue weighted by molar-refractivity contribution is 5.94. The molecule has 3 rings (SSSR count). The Balaban J connectivity index is 0.00000222. The van der Waals surface area contributed by atoms with Crippen LogP contribution in [0.5, 0.6) is 11.5 Å². The largest absolute Gasteiger partial charge is 0.504 e. The van der Waals surface area contributed by atoms with E-state index in [4.69, 9.17) is 24.4 Å². The fourth-order valence-corrected chi connectivity index (χ4v) is 3.09. The van der Waals surface area contributed by atoms with Crippen LogP contribution in [0.1, 0.15) is 10.4 Å². The van der Waals surface area contributed by atoms with Gasteiger partial charge < -0.3 is 45.6 Å². The molecule has 0 fully saturated rings. The first-order chi connectivity index (χ1) is 17.5. The van der Waals surface area contributed by atoms with Crippen LogP contribution in [0.4, 0.5) is 0 Å². The number of hydrogen-bond donors (Lipinski definition) is 5. The van der Waals surface area contributed by atoms with E-state index < -0.39 is 5.75 Å². The van der Waals surface area contributed by atoms with Crippen LogP contribution in [-0.2, 0) is 14.2 Å². The smallest absolute Gasteiger partial charge is 0.251 e. The summed E-state index contributed by atoms with van der Waals surface area (Å²) in [5.74, 6) is -0.958. The maximum atomic E-state index is 12.3. The first-order valence-electron chi connectivity index (χ1n) is 11.4. The van der Waals surface area contributed by atoms with Crippen molar-refractivity contribution in [3.05, 3.63) is 58.3 Å². The van der Waals surface area contributed by atoms with Crippen molar-refractivity contribution in [3.8, 4) is 22.8 Å². The van der Waals surface area contributed by atoms with Crippen molar-refractivity contribution >= 4 is 16.9 Å². The van der Waals surface area contributed by atoms with Crippen LogP contribution in [0.25, 0.3) is 22.3 Å². The molecule has 0 saturated carbocycles. The van der Waals surface area contributed by atoms with Gasteiger partial charge in [0.25, 0.3) is 5.91 Å². The first kappa shape index (κ1) is 28.8. The minimum atomic E-state index is -0.502. The number of hydrogen-bond acceptors (Lipinski definition) is 10. The van der Waals surface area contributed by atoms with E-state index in [1.165, 1.54) is 25.2 Å². The highest BCUT2D eigenvalue weighted by atomic mass is 16.5. The van der Waals surface area contributed by atoms with E-state index in [2.05, 4.69) is 11.1 Å². The fourth-order valence-electron chi connectivity index (χ4n) is 3.09. The van der Waals surface area contributed by atoms with Crippen LogP contribution in [0, 0.1) is 0 Å². The number of amides is 1. The number of phenols is 2. The standard InChI is InChI=1S/C24H28N2O8.CH5N/c25-7-9-31-11-13-33-14-12-32-10-8-26-24(30)17-3-1-16(2-4-17)21-15-20(28)18-5-6-19(27)22(29)23(18)34-21;1-2/h1-6,15,27,29H,7-14,25H2,(H,26,30);2H2,1H3. The van der Waals surface area contributed by atoms with Crippen molar-refractivity contribution in [2.24, 2.45) is 11.5 Å². The number of rotatable bonds is 13. The maximum Gasteiger partial charge on any atom is 0.251 e. The van der Waals surface area contributed by atoms with Gasteiger partial charge in [0.1, 0.15) is 5.76 Å². The zero-order chi connectivity index (χ0) is 26.3. The molecular formula is C25H33N3O8. The van der Waals surface area contributed by atoms with Crippen LogP contribution >= 0.6 is 0 Å². The third-order valence-corrected chi connectivity index (χ3v) is 4.82. The molecule has 11 nitrogen and oxygen atoms in total. The maximum absolute atomic E-state index is 12.3. The Morgan fingerprint density at radius 2 is 1.53 bits per heavy atom. The van der Waals surface area contributed by atoms with Crippen LogP contribution in [-0.4, -0.2) is 75.9 Å². The van der Waals surface area contributed by atoms with Gasteiger partial charge in [0.05, 0.1) is 45.0 Å². The van der Waals surface area contributed by atoms with Crippen LogP contribution in [0.15, 0.2) is 51.7 Å². The van der Waals surface area contributed by atoms with Gasteiger partial charge in [-0.2, -0.15) is 0 Å². The van der Waals surface area contributed by atoms with Crippen molar-refractivity contribution in [1.29, 1.82) is 0 Å². The second-order valence-electron chi connectivity index (χ2n) is 7.24. The van der Waals surface area contributed by atoms with Gasteiger partial charge in [-0.15, -0.1) is 0 Å². The summed E-state index contributed by atoms with van der Waals surface area (Å²) >= 11 is 0. The fraction of sp³-hybridized carbons (Fsp3) is 0.360. The average Bonchev–Trinajstić information content (AvgIpc) is 2.90. The molecule has 0 aliphatic rings. The van der Waals surface area contributed by atoms with Gasteiger partial charge in [-0.05, 0) is 31.3 Å². The molecule has 0 bridgehead atoms. The number of fused-ring (bicyclic) bond motifs is 1. The van der Waals surface area contributed by atoms with Gasteiger partial charge in [0, 0.05) is 30.3 Å². The molecule has 0 spiro atoms. The molecule has 1 heterocycles. The van der Waals surface area contributed by atoms with E-state index in [1.54, 1.807) is 24.3 Å². The molecule has 0 atom stereocenters. The lowest BCUT2D eigenvalue weighted by Crippen LogP contribution is -2.27. The second kappa shape index (κ2) is 15.5. The highest BCUT2D eigenvalue weighted by Crippen LogP contribution is 2.34. The van der Waals surface area contributed by atoms with Crippen LogP contribution in [0.3, 0.4) is 0 Å². The minimum Gasteiger partial charge on any atom is -0.504 e. The second-order valence-corrected chi connectivity index (χ2v) is 7.24. The summed E-state index contributed by atoms with van der Waals surface area (Å²) in [5, 5.41) is 22.6. The quantitative estimate of drug-likeness (QED) is 0.168. The molecule has 7 N–H and O–H groups in total. The zero-order valence-electron chi connectivity index (χ0n) is 20.2. The SMILES string of the molecule is CN.NCCOCCOCCOCCNC(=O)c1ccc(-c2cc(=O)c3ccc(O)c(O)c3o2)cc1. The van der Waals surface area contributed by atoms with E-state index in [0.717, 1.165) is 0 Å². The number of carbonyl (C=O) groups is 1. The van der Waals surface area contributed by atoms with E-state index in [-0.39, 0.29) is 33.8 Å². The lowest BCUT2D eigenvalue weighted by atomic mass is 10.1. The van der Waals surface area contributed by atoms with Crippen LogP contribution in [0.2, 0.25) is 0 Å². The lowest BCUT2D eigenvalue weighted by molar-refractivity contribution is 0.0166. The Hall–Kier alpha value is -3.48. The number of nitrogens with one attached hydrogen (secondary N) is 1. The first-order valence-corrected chi connectivity index (χ1v) is 11.4. The third-order valence-electron chi connectivity index (χ3n) is 4.82. The molecule has 1 amide bonds. The topological polar surface area (TPSA) is 180 Å². The van der Waals surface area contributed by atoms with Crippen molar-refractivity contribution in [1.82, 2.24) is 5.32 Å². The monoisotopic (exact) mass is 503 g/mol. The third kappa shape index (κ3) is 8.33. The number of carbonyl (C=O) groups excluding carboxylic acids is 1. The number of aromatic hydroxyl groups is 2. The van der Waals surface area contributed by atoms with Gasteiger partial charge in [0.15, 0.2) is 16.8 Å². The summed E-state index contributed by atoms with van der Waals surface area (Å²) in [6.45, 7) is 3.48. The van der Waals surface area contributed by atoms with Gasteiger partial charge in [-0.1, -0.05) is 12.1 Å². The Kier molecular flexibility index (Phi) is 12.4. The number of phenolic OH excluding ortho intramolecular Hbond substituents is 2. The highest BCUT2D eigenvalue weighted by Gasteiger charge is 2.14. The van der Waals surface area contributed by atoms with Crippen molar-refractivity contribution in [3.63, 3.8) is 0 Å². The Morgan fingerprint density at radius 1 is 0.917 bits per heavy atom. The minimum absolute atomic E-state index is 0.102. The molecule has 11 heteroatoms. The Morgan fingerprint density at radius 3 is 2.17 bits per heavy atom. The number of nitrogens with two attached hydrogens (primary N) is 2.